The first kappa shape index (κ1) is 25.9. The Morgan fingerprint density at radius 2 is 1.85 bits per heavy atom. The number of benzene rings is 2. The van der Waals surface area contributed by atoms with Gasteiger partial charge in [0, 0.05) is 12.5 Å². The van der Waals surface area contributed by atoms with E-state index in [-0.39, 0.29) is 64.7 Å². The number of carbonyl (C=O) groups excluding carboxylic acids is 3. The van der Waals surface area contributed by atoms with Gasteiger partial charge in [0.25, 0.3) is 11.2 Å². The van der Waals surface area contributed by atoms with Crippen LogP contribution >= 0.6 is 0 Å². The van der Waals surface area contributed by atoms with E-state index in [1.165, 1.54) is 35.8 Å². The van der Waals surface area contributed by atoms with E-state index in [4.69, 9.17) is 14.2 Å². The second kappa shape index (κ2) is 9.37. The lowest BCUT2D eigenvalue weighted by Gasteiger charge is -2.35. The average Bonchev–Trinajstić information content (AvgIpc) is 3.31. The fourth-order valence-corrected chi connectivity index (χ4v) is 5.46. The van der Waals surface area contributed by atoms with Crippen LogP contribution in [0.4, 0.5) is 5.69 Å². The van der Waals surface area contributed by atoms with Crippen molar-refractivity contribution in [3.8, 4) is 17.1 Å². The van der Waals surface area contributed by atoms with Gasteiger partial charge in [0.05, 0.1) is 44.9 Å². The maximum atomic E-state index is 13.8. The number of fused-ring (bicyclic) bond motifs is 5. The van der Waals surface area contributed by atoms with Crippen LogP contribution < -0.4 is 10.3 Å². The highest BCUT2D eigenvalue weighted by Crippen LogP contribution is 2.44. The predicted molar refractivity (Wildman–Crippen MR) is 142 cm³/mol. The molecule has 2 aromatic heterocycles. The molecule has 0 saturated carbocycles. The quantitative estimate of drug-likeness (QED) is 0.135. The zero-order chi connectivity index (χ0) is 29.1. The number of cyclic esters (lactones) is 1. The van der Waals surface area contributed by atoms with E-state index in [0.29, 0.717) is 10.9 Å². The molecule has 0 saturated heterocycles. The largest absolute Gasteiger partial charge is 0.457 e. The molecule has 2 aliphatic rings. The zero-order valence-electron chi connectivity index (χ0n) is 21.8. The van der Waals surface area contributed by atoms with Crippen LogP contribution in [0, 0.1) is 10.1 Å². The number of hydrogen-bond donors (Lipinski definition) is 0. The maximum Gasteiger partial charge on any atom is 0.355 e. The number of carbonyl (C=O) groups is 3. The lowest BCUT2D eigenvalue weighted by molar-refractivity contribution is -0.383. The lowest BCUT2D eigenvalue weighted by Crippen LogP contribution is -2.47. The van der Waals surface area contributed by atoms with Crippen LogP contribution in [0.2, 0.25) is 0 Å². The van der Waals surface area contributed by atoms with Gasteiger partial charge in [-0.3, -0.25) is 19.7 Å². The van der Waals surface area contributed by atoms with Crippen molar-refractivity contribution < 1.29 is 33.5 Å². The minimum atomic E-state index is -2.02. The van der Waals surface area contributed by atoms with Gasteiger partial charge in [-0.1, -0.05) is 31.2 Å². The molecule has 0 fully saturated rings. The Hall–Kier alpha value is -5.39. The standard InChI is InChI=1S/C29H21N3O9/c1-3-29(41-27(35)17-9-5-7-11-23(17)40-15(2)33)20-12-22-24-18(13-31(22)26(34)19(20)14-39-28(29)36)25(32(37)38)16-8-4-6-10-21(16)30-24/h4-12H,3,13-14H2,1-2H3/t29-/m0/s1. The van der Waals surface area contributed by atoms with Crippen LogP contribution in [0.25, 0.3) is 22.3 Å². The minimum absolute atomic E-state index is 0.0630. The van der Waals surface area contributed by atoms with Gasteiger partial charge in [-0.05, 0) is 36.8 Å². The molecule has 12 nitrogen and oxygen atoms in total. The monoisotopic (exact) mass is 555 g/mol. The second-order valence-corrected chi connectivity index (χ2v) is 9.61. The van der Waals surface area contributed by atoms with Gasteiger partial charge in [0.15, 0.2) is 0 Å². The first-order valence-corrected chi connectivity index (χ1v) is 12.7. The average molecular weight is 555 g/mol. The van der Waals surface area contributed by atoms with Crippen molar-refractivity contribution in [2.45, 2.75) is 39.0 Å². The molecule has 0 unspecified atom stereocenters. The summed E-state index contributed by atoms with van der Waals surface area (Å²) in [6, 6.07) is 14.0. The van der Waals surface area contributed by atoms with Gasteiger partial charge in [0.1, 0.15) is 17.9 Å². The molecule has 4 heterocycles. The van der Waals surface area contributed by atoms with Gasteiger partial charge in [-0.2, -0.15) is 0 Å². The molecule has 0 amide bonds. The summed E-state index contributed by atoms with van der Waals surface area (Å²) < 4.78 is 17.7. The summed E-state index contributed by atoms with van der Waals surface area (Å²) in [5, 5.41) is 12.5. The molecule has 0 radical (unpaired) electrons. The molecule has 1 atom stereocenters. The molecular formula is C29H21N3O9. The molecule has 41 heavy (non-hydrogen) atoms. The highest BCUT2D eigenvalue weighted by Gasteiger charge is 2.51. The van der Waals surface area contributed by atoms with E-state index in [2.05, 4.69) is 4.98 Å². The predicted octanol–water partition coefficient (Wildman–Crippen LogP) is 3.78. The normalized spacial score (nSPS) is 16.8. The van der Waals surface area contributed by atoms with Gasteiger partial charge in [-0.15, -0.1) is 0 Å². The maximum absolute atomic E-state index is 13.8. The SMILES string of the molecule is CC[C@@]1(OC(=O)c2ccccc2OC(C)=O)C(=O)OCc2c1cc1n(c2=O)Cc2c-1nc1ccccc1c2[N+](=O)[O-]. The third kappa shape index (κ3) is 3.86. The Labute approximate surface area is 231 Å². The number of rotatable bonds is 5. The van der Waals surface area contributed by atoms with Crippen molar-refractivity contribution in [3.05, 3.63) is 97.3 Å². The third-order valence-corrected chi connectivity index (χ3v) is 7.34. The number of ether oxygens (including phenoxy) is 3. The summed E-state index contributed by atoms with van der Waals surface area (Å²) in [7, 11) is 0. The van der Waals surface area contributed by atoms with E-state index in [1.807, 2.05) is 0 Å². The highest BCUT2D eigenvalue weighted by molar-refractivity contribution is 5.97. The molecule has 2 aliphatic heterocycles. The summed E-state index contributed by atoms with van der Waals surface area (Å²) in [4.78, 5) is 68.4. The minimum Gasteiger partial charge on any atom is -0.457 e. The lowest BCUT2D eigenvalue weighted by atomic mass is 9.85. The van der Waals surface area contributed by atoms with Crippen LogP contribution in [0.3, 0.4) is 0 Å². The Bertz CT molecular complexity index is 1890. The van der Waals surface area contributed by atoms with E-state index >= 15 is 0 Å². The van der Waals surface area contributed by atoms with Gasteiger partial charge in [-0.25, -0.2) is 14.6 Å². The molecule has 6 rings (SSSR count). The highest BCUT2D eigenvalue weighted by atomic mass is 16.6. The van der Waals surface area contributed by atoms with E-state index in [0.717, 1.165) is 0 Å². The molecule has 4 aromatic rings. The molecule has 0 bridgehead atoms. The van der Waals surface area contributed by atoms with Crippen molar-refractivity contribution in [1.29, 1.82) is 0 Å². The van der Waals surface area contributed by atoms with Crippen molar-refractivity contribution in [2.75, 3.05) is 0 Å². The molecular weight excluding hydrogens is 534 g/mol. The van der Waals surface area contributed by atoms with Crippen molar-refractivity contribution >= 4 is 34.5 Å². The van der Waals surface area contributed by atoms with E-state index in [9.17, 15) is 29.3 Å². The summed E-state index contributed by atoms with van der Waals surface area (Å²) in [6.07, 6.45) is -0.0959. The topological polar surface area (TPSA) is 157 Å². The summed E-state index contributed by atoms with van der Waals surface area (Å²) in [5.41, 5.74) is -1.54. The van der Waals surface area contributed by atoms with Crippen molar-refractivity contribution in [3.63, 3.8) is 0 Å². The smallest absolute Gasteiger partial charge is 0.355 e. The Kier molecular flexibility index (Phi) is 5.91. The van der Waals surface area contributed by atoms with Crippen LogP contribution in [0.15, 0.2) is 59.4 Å². The van der Waals surface area contributed by atoms with Crippen LogP contribution in [-0.2, 0) is 37.8 Å². The zero-order valence-corrected chi connectivity index (χ0v) is 21.8. The van der Waals surface area contributed by atoms with Gasteiger partial charge >= 0.3 is 17.9 Å². The number of hydrogen-bond acceptors (Lipinski definition) is 10. The second-order valence-electron chi connectivity index (χ2n) is 9.61. The first-order valence-electron chi connectivity index (χ1n) is 12.7. The number of aromatic nitrogens is 2. The Morgan fingerprint density at radius 1 is 1.12 bits per heavy atom. The molecule has 0 N–H and O–H groups in total. The van der Waals surface area contributed by atoms with E-state index in [1.54, 1.807) is 37.3 Å². The third-order valence-electron chi connectivity index (χ3n) is 7.34. The summed E-state index contributed by atoms with van der Waals surface area (Å²) >= 11 is 0. The van der Waals surface area contributed by atoms with Crippen molar-refractivity contribution in [2.24, 2.45) is 0 Å². The Balaban J connectivity index is 1.54. The summed E-state index contributed by atoms with van der Waals surface area (Å²) in [5.74, 6) is -2.58. The number of nitro groups is 1. The van der Waals surface area contributed by atoms with E-state index < -0.39 is 34.0 Å². The number of nitrogens with zero attached hydrogens (tertiary/aromatic N) is 3. The number of esters is 3. The molecule has 0 aliphatic carbocycles. The molecule has 2 aromatic carbocycles. The van der Waals surface area contributed by atoms with Crippen LogP contribution in [0.1, 0.15) is 47.3 Å². The van der Waals surface area contributed by atoms with Crippen LogP contribution in [0.5, 0.6) is 5.75 Å². The fraction of sp³-hybridized carbons (Fsp3) is 0.207. The fourth-order valence-electron chi connectivity index (χ4n) is 5.46. The number of pyridine rings is 2. The van der Waals surface area contributed by atoms with Crippen LogP contribution in [-0.4, -0.2) is 32.4 Å². The molecule has 0 spiro atoms. The molecule has 12 heteroatoms. The summed E-state index contributed by atoms with van der Waals surface area (Å²) in [6.45, 7) is 2.30. The Morgan fingerprint density at radius 3 is 2.59 bits per heavy atom. The number of para-hydroxylation sites is 2. The molecule has 206 valence electrons. The van der Waals surface area contributed by atoms with Gasteiger partial charge < -0.3 is 18.8 Å². The van der Waals surface area contributed by atoms with Crippen molar-refractivity contribution in [1.82, 2.24) is 9.55 Å². The first-order chi connectivity index (χ1) is 19.7. The van der Waals surface area contributed by atoms with Gasteiger partial charge in [0.2, 0.25) is 5.60 Å².